The fourth-order valence-electron chi connectivity index (χ4n) is 3.41. The van der Waals surface area contributed by atoms with E-state index < -0.39 is 0 Å². The molecule has 2 fully saturated rings. The van der Waals surface area contributed by atoms with Gasteiger partial charge in [-0.05, 0) is 33.6 Å². The Kier molecular flexibility index (Phi) is 8.74. The summed E-state index contributed by atoms with van der Waals surface area (Å²) in [7, 11) is 0. The third-order valence-electron chi connectivity index (χ3n) is 4.80. The van der Waals surface area contributed by atoms with Crippen molar-refractivity contribution in [3.8, 4) is 0 Å². The Bertz CT molecular complexity index is 652. The van der Waals surface area contributed by atoms with Crippen LogP contribution in [0.3, 0.4) is 0 Å². The third-order valence-corrected chi connectivity index (χ3v) is 5.86. The second-order valence-electron chi connectivity index (χ2n) is 6.73. The Labute approximate surface area is 182 Å². The van der Waals surface area contributed by atoms with Crippen LogP contribution in [-0.2, 0) is 16.1 Å². The summed E-state index contributed by atoms with van der Waals surface area (Å²) in [5.74, 6) is 1.07. The second-order valence-corrected chi connectivity index (χ2v) is 8.01. The molecule has 27 heavy (non-hydrogen) atoms. The van der Waals surface area contributed by atoms with Crippen molar-refractivity contribution in [2.24, 2.45) is 4.99 Å². The molecule has 0 bridgehead atoms. The lowest BCUT2D eigenvalue weighted by Crippen LogP contribution is -2.55. The summed E-state index contributed by atoms with van der Waals surface area (Å²) in [6, 6.07) is 0. The van der Waals surface area contributed by atoms with Gasteiger partial charge in [0, 0.05) is 44.2 Å². The number of halogens is 1. The molecule has 1 unspecified atom stereocenters. The fourth-order valence-corrected chi connectivity index (χ4v) is 4.27. The molecule has 0 radical (unpaired) electrons. The van der Waals surface area contributed by atoms with Crippen LogP contribution >= 0.6 is 35.3 Å². The molecular formula is C18H30IN5O2S. The number of nitrogens with one attached hydrogen (secondary N) is 1. The van der Waals surface area contributed by atoms with Gasteiger partial charge in [-0.15, -0.1) is 35.3 Å². The van der Waals surface area contributed by atoms with E-state index in [0.29, 0.717) is 13.2 Å². The molecule has 1 amide bonds. The summed E-state index contributed by atoms with van der Waals surface area (Å²) < 4.78 is 5.54. The van der Waals surface area contributed by atoms with Gasteiger partial charge in [0.15, 0.2) is 5.96 Å². The first kappa shape index (κ1) is 22.4. The highest BCUT2D eigenvalue weighted by Crippen LogP contribution is 2.19. The van der Waals surface area contributed by atoms with Gasteiger partial charge < -0.3 is 19.9 Å². The van der Waals surface area contributed by atoms with Gasteiger partial charge in [-0.25, -0.2) is 9.98 Å². The van der Waals surface area contributed by atoms with Crippen LogP contribution in [0.15, 0.2) is 4.99 Å². The van der Waals surface area contributed by atoms with E-state index in [0.717, 1.165) is 62.2 Å². The highest BCUT2D eigenvalue weighted by Gasteiger charge is 2.30. The molecule has 0 aliphatic carbocycles. The lowest BCUT2D eigenvalue weighted by Gasteiger charge is -2.37. The molecule has 3 heterocycles. The normalized spacial score (nSPS) is 20.6. The Hall–Kier alpha value is -0.940. The molecular weight excluding hydrogens is 477 g/mol. The van der Waals surface area contributed by atoms with Crippen molar-refractivity contribution in [3.63, 3.8) is 0 Å². The Morgan fingerprint density at radius 2 is 2.00 bits per heavy atom. The zero-order chi connectivity index (χ0) is 18.5. The molecule has 0 spiro atoms. The standard InChI is InChI=1S/C18H29N5O2S.HI/c1-4-19-18(20-12-16-13(2)21-14(3)26-16)23-9-7-22(8-10-23)17(24)15-6-5-11-25-15;/h15H,4-12H2,1-3H3,(H,19,20);1H. The van der Waals surface area contributed by atoms with Gasteiger partial charge in [0.25, 0.3) is 5.91 Å². The van der Waals surface area contributed by atoms with Crippen molar-refractivity contribution >= 4 is 47.2 Å². The first-order chi connectivity index (χ1) is 12.6. The number of carbonyl (C=O) groups excluding carboxylic acids is 1. The van der Waals surface area contributed by atoms with Crippen molar-refractivity contribution in [2.75, 3.05) is 39.3 Å². The first-order valence-corrected chi connectivity index (χ1v) is 10.3. The number of ether oxygens (including phenoxy) is 1. The van der Waals surface area contributed by atoms with E-state index in [9.17, 15) is 4.79 Å². The Morgan fingerprint density at radius 1 is 1.30 bits per heavy atom. The van der Waals surface area contributed by atoms with E-state index in [2.05, 4.69) is 22.1 Å². The van der Waals surface area contributed by atoms with Crippen LogP contribution in [-0.4, -0.2) is 72.1 Å². The van der Waals surface area contributed by atoms with Crippen LogP contribution in [0, 0.1) is 13.8 Å². The van der Waals surface area contributed by atoms with E-state index in [1.54, 1.807) is 11.3 Å². The molecule has 3 rings (SSSR count). The highest BCUT2D eigenvalue weighted by atomic mass is 127. The van der Waals surface area contributed by atoms with E-state index in [1.165, 1.54) is 4.88 Å². The van der Waals surface area contributed by atoms with E-state index >= 15 is 0 Å². The maximum Gasteiger partial charge on any atom is 0.251 e. The fraction of sp³-hybridized carbons (Fsp3) is 0.722. The molecule has 2 aliphatic rings. The molecule has 1 aromatic heterocycles. The number of hydrogen-bond acceptors (Lipinski definition) is 5. The Morgan fingerprint density at radius 3 is 2.56 bits per heavy atom. The minimum Gasteiger partial charge on any atom is -0.368 e. The molecule has 1 N–H and O–H groups in total. The number of rotatable bonds is 4. The number of aliphatic imine (C=N–C) groups is 1. The van der Waals surface area contributed by atoms with Gasteiger partial charge in [0.05, 0.1) is 17.2 Å². The quantitative estimate of drug-likeness (QED) is 0.385. The summed E-state index contributed by atoms with van der Waals surface area (Å²) in [5, 5.41) is 4.46. The zero-order valence-corrected chi connectivity index (χ0v) is 19.5. The first-order valence-electron chi connectivity index (χ1n) is 9.45. The van der Waals surface area contributed by atoms with Crippen LogP contribution < -0.4 is 5.32 Å². The minimum atomic E-state index is -0.221. The van der Waals surface area contributed by atoms with Crippen LogP contribution in [0.5, 0.6) is 0 Å². The third kappa shape index (κ3) is 5.77. The van der Waals surface area contributed by atoms with Crippen LogP contribution in [0.2, 0.25) is 0 Å². The molecule has 9 heteroatoms. The summed E-state index contributed by atoms with van der Waals surface area (Å²) in [6.45, 7) is 11.4. The number of guanidine groups is 1. The maximum atomic E-state index is 12.5. The topological polar surface area (TPSA) is 70.1 Å². The zero-order valence-electron chi connectivity index (χ0n) is 16.4. The van der Waals surface area contributed by atoms with E-state index in [-0.39, 0.29) is 36.0 Å². The number of hydrogen-bond donors (Lipinski definition) is 1. The molecule has 0 aromatic carbocycles. The van der Waals surface area contributed by atoms with Gasteiger partial charge in [-0.3, -0.25) is 4.79 Å². The van der Waals surface area contributed by atoms with Gasteiger partial charge >= 0.3 is 0 Å². The maximum absolute atomic E-state index is 12.5. The smallest absolute Gasteiger partial charge is 0.251 e. The van der Waals surface area contributed by atoms with Crippen molar-refractivity contribution in [1.29, 1.82) is 0 Å². The summed E-state index contributed by atoms with van der Waals surface area (Å²) in [5.41, 5.74) is 1.07. The second kappa shape index (κ2) is 10.6. The van der Waals surface area contributed by atoms with Crippen LogP contribution in [0.4, 0.5) is 0 Å². The lowest BCUT2D eigenvalue weighted by atomic mass is 10.2. The van der Waals surface area contributed by atoms with Crippen molar-refractivity contribution < 1.29 is 9.53 Å². The lowest BCUT2D eigenvalue weighted by molar-refractivity contribution is -0.142. The summed E-state index contributed by atoms with van der Waals surface area (Å²) in [4.78, 5) is 27.2. The largest absolute Gasteiger partial charge is 0.368 e. The predicted molar refractivity (Wildman–Crippen MR) is 119 cm³/mol. The SMILES string of the molecule is CCNC(=NCc1sc(C)nc1C)N1CCN(C(=O)C2CCCO2)CC1.I. The number of nitrogens with zero attached hydrogens (tertiary/aromatic N) is 4. The van der Waals surface area contributed by atoms with Gasteiger partial charge in [0.1, 0.15) is 6.10 Å². The molecule has 2 saturated heterocycles. The van der Waals surface area contributed by atoms with Crippen molar-refractivity contribution in [3.05, 3.63) is 15.6 Å². The Balaban J connectivity index is 0.00000261. The molecule has 1 atom stereocenters. The average molecular weight is 507 g/mol. The van der Waals surface area contributed by atoms with Gasteiger partial charge in [-0.2, -0.15) is 0 Å². The van der Waals surface area contributed by atoms with E-state index in [1.807, 2.05) is 18.7 Å². The van der Waals surface area contributed by atoms with Crippen LogP contribution in [0.25, 0.3) is 0 Å². The minimum absolute atomic E-state index is 0. The monoisotopic (exact) mass is 507 g/mol. The summed E-state index contributed by atoms with van der Waals surface area (Å²) >= 11 is 1.71. The number of aromatic nitrogens is 1. The van der Waals surface area contributed by atoms with E-state index in [4.69, 9.17) is 9.73 Å². The predicted octanol–water partition coefficient (Wildman–Crippen LogP) is 2.17. The summed E-state index contributed by atoms with van der Waals surface area (Å²) in [6.07, 6.45) is 1.63. The molecule has 152 valence electrons. The number of thiazole rings is 1. The molecule has 1 aromatic rings. The number of carbonyl (C=O) groups is 1. The van der Waals surface area contributed by atoms with Gasteiger partial charge in [0.2, 0.25) is 0 Å². The van der Waals surface area contributed by atoms with Crippen molar-refractivity contribution in [1.82, 2.24) is 20.1 Å². The van der Waals surface area contributed by atoms with Crippen molar-refractivity contribution in [2.45, 2.75) is 46.3 Å². The molecule has 7 nitrogen and oxygen atoms in total. The molecule has 2 aliphatic heterocycles. The van der Waals surface area contributed by atoms with Gasteiger partial charge in [-0.1, -0.05) is 0 Å². The number of amides is 1. The van der Waals surface area contributed by atoms with Crippen LogP contribution in [0.1, 0.15) is 35.3 Å². The highest BCUT2D eigenvalue weighted by molar-refractivity contribution is 14.0. The number of piperazine rings is 1. The number of aryl methyl sites for hydroxylation is 2. The molecule has 0 saturated carbocycles. The average Bonchev–Trinajstić information content (AvgIpc) is 3.28.